The van der Waals surface area contributed by atoms with Crippen LogP contribution in [0.4, 0.5) is 0 Å². The lowest BCUT2D eigenvalue weighted by Crippen LogP contribution is -2.00. The Kier molecular flexibility index (Phi) is 8.52. The molecule has 0 unspecified atom stereocenters. The molecule has 0 aliphatic heterocycles. The lowest BCUT2D eigenvalue weighted by Gasteiger charge is -2.14. The van der Waals surface area contributed by atoms with Crippen LogP contribution in [0.15, 0.2) is 237 Å². The van der Waals surface area contributed by atoms with E-state index in [0.717, 1.165) is 61.0 Å². The molecular weight excluding hydrogens is 827 g/mol. The molecule has 14 rings (SSSR count). The van der Waals surface area contributed by atoms with E-state index < -0.39 is 0 Å². The van der Waals surface area contributed by atoms with Gasteiger partial charge in [-0.3, -0.25) is 0 Å². The summed E-state index contributed by atoms with van der Waals surface area (Å²) in [4.78, 5) is 15.4. The Balaban J connectivity index is 0.975. The van der Waals surface area contributed by atoms with E-state index in [-0.39, 0.29) is 0 Å². The lowest BCUT2D eigenvalue weighted by atomic mass is 10.0. The van der Waals surface area contributed by atoms with Crippen molar-refractivity contribution < 1.29 is 0 Å². The molecule has 0 atom stereocenters. The van der Waals surface area contributed by atoms with Gasteiger partial charge in [0.05, 0.1) is 27.8 Å². The number of hydrogen-bond acceptors (Lipinski definition) is 3. The summed E-state index contributed by atoms with van der Waals surface area (Å²) in [7, 11) is 0. The second kappa shape index (κ2) is 15.2. The number of rotatable bonds is 6. The summed E-state index contributed by atoms with van der Waals surface area (Å²) in [5.41, 5.74) is 12.0. The normalized spacial score (nSPS) is 11.8. The van der Waals surface area contributed by atoms with E-state index >= 15 is 0 Å². The molecule has 0 spiro atoms. The molecule has 5 nitrogen and oxygen atoms in total. The van der Waals surface area contributed by atoms with Crippen molar-refractivity contribution in [2.24, 2.45) is 0 Å². The molecule has 0 aliphatic rings. The molecule has 68 heavy (non-hydrogen) atoms. The smallest absolute Gasteiger partial charge is 0.164 e. The molecule has 0 bridgehead atoms. The average Bonchev–Trinajstić information content (AvgIpc) is 3.92. The van der Waals surface area contributed by atoms with E-state index in [4.69, 9.17) is 15.0 Å². The first-order chi connectivity index (χ1) is 33.7. The molecule has 0 radical (unpaired) electrons. The van der Waals surface area contributed by atoms with Crippen LogP contribution in [0.5, 0.6) is 0 Å². The molecule has 0 N–H and O–H groups in total. The van der Waals surface area contributed by atoms with Gasteiger partial charge in [-0.2, -0.15) is 0 Å². The van der Waals surface area contributed by atoms with Gasteiger partial charge < -0.3 is 9.13 Å². The summed E-state index contributed by atoms with van der Waals surface area (Å²) in [6.45, 7) is 0. The predicted molar refractivity (Wildman–Crippen MR) is 283 cm³/mol. The van der Waals surface area contributed by atoms with Crippen LogP contribution >= 0.6 is 0 Å². The lowest BCUT2D eigenvalue weighted by molar-refractivity contribution is 1.07. The SMILES string of the molecule is c1ccc(-c2cccc(-c3nc(-c4ccccc4)nc(-c4ccc5c(-n6c7ccccc7c7cc8c9c%10ccccc%10ccc9n(-c9ccc%10ccccc%10c9)c8cc76)cccc5c4)n3)c2)cc1. The number of benzene rings is 11. The summed E-state index contributed by atoms with van der Waals surface area (Å²) < 4.78 is 4.92. The van der Waals surface area contributed by atoms with Gasteiger partial charge in [0.25, 0.3) is 0 Å². The van der Waals surface area contributed by atoms with Crippen LogP contribution in [0.3, 0.4) is 0 Å². The van der Waals surface area contributed by atoms with Crippen LogP contribution in [0.25, 0.3) is 133 Å². The zero-order chi connectivity index (χ0) is 44.7. The molecule has 0 saturated heterocycles. The zero-order valence-corrected chi connectivity index (χ0v) is 36.8. The predicted octanol–water partition coefficient (Wildman–Crippen LogP) is 16.2. The summed E-state index contributed by atoms with van der Waals surface area (Å²) in [6, 6.07) is 84.8. The van der Waals surface area contributed by atoms with E-state index in [1.807, 2.05) is 24.3 Å². The van der Waals surface area contributed by atoms with Crippen molar-refractivity contribution in [1.29, 1.82) is 0 Å². The molecule has 11 aromatic carbocycles. The molecule has 0 amide bonds. The third kappa shape index (κ3) is 6.06. The first kappa shape index (κ1) is 38.1. The van der Waals surface area contributed by atoms with E-state index in [1.165, 1.54) is 54.1 Å². The largest absolute Gasteiger partial charge is 0.309 e. The van der Waals surface area contributed by atoms with Gasteiger partial charge in [0.2, 0.25) is 0 Å². The monoisotopic (exact) mass is 865 g/mol. The zero-order valence-electron chi connectivity index (χ0n) is 36.8. The van der Waals surface area contributed by atoms with Crippen molar-refractivity contribution in [3.05, 3.63) is 237 Å². The van der Waals surface area contributed by atoms with Crippen LogP contribution in [0.1, 0.15) is 0 Å². The molecule has 3 aromatic heterocycles. The van der Waals surface area contributed by atoms with Crippen molar-refractivity contribution in [2.45, 2.75) is 0 Å². The maximum atomic E-state index is 5.18. The van der Waals surface area contributed by atoms with Gasteiger partial charge >= 0.3 is 0 Å². The van der Waals surface area contributed by atoms with Gasteiger partial charge in [-0.15, -0.1) is 0 Å². The molecule has 0 aliphatic carbocycles. The van der Waals surface area contributed by atoms with Crippen LogP contribution in [-0.2, 0) is 0 Å². The summed E-state index contributed by atoms with van der Waals surface area (Å²) in [6.07, 6.45) is 0. The Labute approximate surface area is 391 Å². The van der Waals surface area contributed by atoms with Crippen LogP contribution in [0.2, 0.25) is 0 Å². The number of hydrogen-bond donors (Lipinski definition) is 0. The Morgan fingerprint density at radius 1 is 0.250 bits per heavy atom. The van der Waals surface area contributed by atoms with Gasteiger partial charge in [0.1, 0.15) is 0 Å². The standard InChI is InChI=1S/C63H39N5/c1-3-15-40(16-4-1)44-22-13-24-47(35-44)62-64-61(43-19-5-2-6-20-43)65-63(66-62)48-30-33-50-46(36-48)23-14-28-55(50)68-56-27-12-11-26-52(56)53-38-54-59(39-58(53)68)67(49-32-29-41-17-7-8-21-45(41)37-49)57-34-31-42-18-9-10-25-51(42)60(54)57/h1-39H. The Morgan fingerprint density at radius 3 is 1.68 bits per heavy atom. The van der Waals surface area contributed by atoms with E-state index in [0.29, 0.717) is 17.5 Å². The Hall–Kier alpha value is -9.19. The van der Waals surface area contributed by atoms with Gasteiger partial charge in [0.15, 0.2) is 17.5 Å². The topological polar surface area (TPSA) is 48.5 Å². The quantitative estimate of drug-likeness (QED) is 0.167. The third-order valence-corrected chi connectivity index (χ3v) is 13.7. The van der Waals surface area contributed by atoms with Gasteiger partial charge in [-0.25, -0.2) is 15.0 Å². The summed E-state index contributed by atoms with van der Waals surface area (Å²) >= 11 is 0. The average molecular weight is 866 g/mol. The molecule has 0 fully saturated rings. The summed E-state index contributed by atoms with van der Waals surface area (Å²) in [5.74, 6) is 1.89. The highest BCUT2D eigenvalue weighted by atomic mass is 15.0. The number of aromatic nitrogens is 5. The van der Waals surface area contributed by atoms with Gasteiger partial charge in [0, 0.05) is 49.3 Å². The van der Waals surface area contributed by atoms with Gasteiger partial charge in [-0.1, -0.05) is 182 Å². The number of fused-ring (bicyclic) bond motifs is 10. The minimum atomic E-state index is 0.625. The highest BCUT2D eigenvalue weighted by molar-refractivity contribution is 6.25. The minimum Gasteiger partial charge on any atom is -0.309 e. The summed E-state index contributed by atoms with van der Waals surface area (Å²) in [5, 5.41) is 12.1. The van der Waals surface area contributed by atoms with Crippen LogP contribution < -0.4 is 0 Å². The van der Waals surface area contributed by atoms with E-state index in [1.54, 1.807) is 0 Å². The van der Waals surface area contributed by atoms with Crippen LogP contribution in [0, 0.1) is 0 Å². The molecule has 14 aromatic rings. The second-order valence-corrected chi connectivity index (χ2v) is 17.6. The maximum Gasteiger partial charge on any atom is 0.164 e. The highest BCUT2D eigenvalue weighted by Gasteiger charge is 2.21. The van der Waals surface area contributed by atoms with E-state index in [2.05, 4.69) is 221 Å². The maximum absolute atomic E-state index is 5.18. The molecule has 5 heteroatoms. The molecular formula is C63H39N5. The molecule has 3 heterocycles. The first-order valence-electron chi connectivity index (χ1n) is 23.1. The van der Waals surface area contributed by atoms with Crippen molar-refractivity contribution in [3.63, 3.8) is 0 Å². The Morgan fingerprint density at radius 2 is 0.853 bits per heavy atom. The van der Waals surface area contributed by atoms with E-state index in [9.17, 15) is 0 Å². The minimum absolute atomic E-state index is 0.625. The van der Waals surface area contributed by atoms with Crippen molar-refractivity contribution in [1.82, 2.24) is 24.1 Å². The molecule has 316 valence electrons. The van der Waals surface area contributed by atoms with Crippen molar-refractivity contribution >= 4 is 75.9 Å². The number of nitrogens with zero attached hydrogens (tertiary/aromatic N) is 5. The first-order valence-corrected chi connectivity index (χ1v) is 23.1. The third-order valence-electron chi connectivity index (χ3n) is 13.7. The fraction of sp³-hybridized carbons (Fsp3) is 0. The second-order valence-electron chi connectivity index (χ2n) is 17.6. The van der Waals surface area contributed by atoms with Crippen molar-refractivity contribution in [3.8, 4) is 56.7 Å². The van der Waals surface area contributed by atoms with Gasteiger partial charge in [-0.05, 0) is 92.7 Å². The highest BCUT2D eigenvalue weighted by Crippen LogP contribution is 2.43. The fourth-order valence-corrected chi connectivity index (χ4v) is 10.5. The van der Waals surface area contributed by atoms with Crippen LogP contribution in [-0.4, -0.2) is 24.1 Å². The molecule has 0 saturated carbocycles. The number of para-hydroxylation sites is 1. The van der Waals surface area contributed by atoms with Crippen molar-refractivity contribution in [2.75, 3.05) is 0 Å². The fourth-order valence-electron chi connectivity index (χ4n) is 10.5. The Bertz CT molecular complexity index is 4320.